The van der Waals surface area contributed by atoms with Crippen LogP contribution in [0.15, 0.2) is 18.2 Å². The molecule has 0 amide bonds. The Hall–Kier alpha value is 0.01000. The molecule has 0 radical (unpaired) electrons. The molecule has 1 unspecified atom stereocenters. The maximum Gasteiger partial charge on any atom is 0.0465 e. The maximum atomic E-state index is 6.20. The molecule has 0 bridgehead atoms. The van der Waals surface area contributed by atoms with Crippen LogP contribution < -0.4 is 5.73 Å². The van der Waals surface area contributed by atoms with Crippen molar-refractivity contribution in [2.45, 2.75) is 32.4 Å². The average Bonchev–Trinajstić information content (AvgIpc) is 2.34. The molecule has 1 fully saturated rings. The van der Waals surface area contributed by atoms with Crippen LogP contribution in [0, 0.1) is 5.92 Å². The smallest absolute Gasteiger partial charge is 0.0465 e. The summed E-state index contributed by atoms with van der Waals surface area (Å²) in [5.74, 6) is 0.656. The second kappa shape index (κ2) is 7.70. The molecule has 2 nitrogen and oxygen atoms in total. The van der Waals surface area contributed by atoms with Gasteiger partial charge in [-0.2, -0.15) is 0 Å². The number of nitrogens with two attached hydrogens (primary N) is 1. The van der Waals surface area contributed by atoms with Gasteiger partial charge in [0.2, 0.25) is 0 Å². The SMILES string of the molecule is CC(N)C1CCN(Cc2c(Cl)cccc2Cl)CC1.Cl. The lowest BCUT2D eigenvalue weighted by Gasteiger charge is -2.34. The van der Waals surface area contributed by atoms with Crippen LogP contribution in [0.1, 0.15) is 25.3 Å². The molecule has 2 rings (SSSR count). The topological polar surface area (TPSA) is 29.3 Å². The van der Waals surface area contributed by atoms with Gasteiger partial charge in [-0.25, -0.2) is 0 Å². The Morgan fingerprint density at radius 2 is 1.79 bits per heavy atom. The molecule has 108 valence electrons. The van der Waals surface area contributed by atoms with Crippen LogP contribution in [0.2, 0.25) is 10.0 Å². The third-order valence-electron chi connectivity index (χ3n) is 3.82. The molecule has 0 aliphatic carbocycles. The zero-order valence-electron chi connectivity index (χ0n) is 11.1. The van der Waals surface area contributed by atoms with Crippen molar-refractivity contribution < 1.29 is 0 Å². The standard InChI is InChI=1S/C14H20Cl2N2.ClH/c1-10(17)11-5-7-18(8-6-11)9-12-13(15)3-2-4-14(12)16;/h2-4,10-11H,5-9,17H2,1H3;1H. The largest absolute Gasteiger partial charge is 0.328 e. The first-order chi connectivity index (χ1) is 8.58. The van der Waals surface area contributed by atoms with Crippen LogP contribution in [0.25, 0.3) is 0 Å². The summed E-state index contributed by atoms with van der Waals surface area (Å²) in [6, 6.07) is 5.99. The molecule has 1 saturated heterocycles. The van der Waals surface area contributed by atoms with Crippen LogP contribution >= 0.6 is 35.6 Å². The number of hydrogen-bond donors (Lipinski definition) is 1. The van der Waals surface area contributed by atoms with Crippen LogP contribution in [0.4, 0.5) is 0 Å². The van der Waals surface area contributed by atoms with Crippen molar-refractivity contribution in [3.63, 3.8) is 0 Å². The van der Waals surface area contributed by atoms with Crippen LogP contribution in [-0.2, 0) is 6.54 Å². The number of benzene rings is 1. The first kappa shape index (κ1) is 17.1. The van der Waals surface area contributed by atoms with Crippen molar-refractivity contribution in [1.82, 2.24) is 4.90 Å². The minimum Gasteiger partial charge on any atom is -0.328 e. The summed E-state index contributed by atoms with van der Waals surface area (Å²) in [4.78, 5) is 2.41. The molecule has 1 aromatic carbocycles. The summed E-state index contributed by atoms with van der Waals surface area (Å²) in [6.45, 7) is 5.09. The van der Waals surface area contributed by atoms with E-state index in [-0.39, 0.29) is 12.4 Å². The summed E-state index contributed by atoms with van der Waals surface area (Å²) in [7, 11) is 0. The quantitative estimate of drug-likeness (QED) is 0.912. The Morgan fingerprint density at radius 1 is 1.26 bits per heavy atom. The summed E-state index contributed by atoms with van der Waals surface area (Å²) in [6.07, 6.45) is 2.33. The van der Waals surface area contributed by atoms with E-state index in [9.17, 15) is 0 Å². The van der Waals surface area contributed by atoms with Gasteiger partial charge < -0.3 is 5.73 Å². The minimum atomic E-state index is 0. The third-order valence-corrected chi connectivity index (χ3v) is 4.53. The molecule has 0 saturated carbocycles. The van der Waals surface area contributed by atoms with Gasteiger partial charge >= 0.3 is 0 Å². The average molecular weight is 324 g/mol. The molecule has 0 aromatic heterocycles. The Bertz CT molecular complexity index is 381. The lowest BCUT2D eigenvalue weighted by atomic mass is 9.91. The molecule has 2 N–H and O–H groups in total. The van der Waals surface area contributed by atoms with Crippen molar-refractivity contribution >= 4 is 35.6 Å². The second-order valence-corrected chi connectivity index (χ2v) is 5.99. The Morgan fingerprint density at radius 3 is 2.26 bits per heavy atom. The molecule has 1 heterocycles. The number of nitrogens with zero attached hydrogens (tertiary/aromatic N) is 1. The molecular formula is C14H21Cl3N2. The number of likely N-dealkylation sites (tertiary alicyclic amines) is 1. The van der Waals surface area contributed by atoms with Crippen molar-refractivity contribution in [2.75, 3.05) is 13.1 Å². The molecule has 5 heteroatoms. The zero-order chi connectivity index (χ0) is 13.1. The highest BCUT2D eigenvalue weighted by molar-refractivity contribution is 6.35. The van der Waals surface area contributed by atoms with Crippen molar-refractivity contribution in [2.24, 2.45) is 11.7 Å². The van der Waals surface area contributed by atoms with Crippen LogP contribution in [-0.4, -0.2) is 24.0 Å². The first-order valence-electron chi connectivity index (χ1n) is 6.48. The van der Waals surface area contributed by atoms with E-state index < -0.39 is 0 Å². The van der Waals surface area contributed by atoms with E-state index in [2.05, 4.69) is 11.8 Å². The van der Waals surface area contributed by atoms with Crippen molar-refractivity contribution in [3.8, 4) is 0 Å². The van der Waals surface area contributed by atoms with E-state index in [0.29, 0.717) is 12.0 Å². The molecular weight excluding hydrogens is 303 g/mol. The highest BCUT2D eigenvalue weighted by atomic mass is 35.5. The van der Waals surface area contributed by atoms with E-state index in [1.54, 1.807) is 0 Å². The molecule has 1 aliphatic heterocycles. The van der Waals surface area contributed by atoms with Gasteiger partial charge in [-0.15, -0.1) is 12.4 Å². The summed E-state index contributed by atoms with van der Waals surface area (Å²) in [5.41, 5.74) is 6.99. The Kier molecular flexibility index (Phi) is 6.92. The van der Waals surface area contributed by atoms with Gasteiger partial charge in [0.25, 0.3) is 0 Å². The summed E-state index contributed by atoms with van der Waals surface area (Å²) in [5, 5.41) is 1.52. The van der Waals surface area contributed by atoms with Crippen LogP contribution in [0.5, 0.6) is 0 Å². The van der Waals surface area contributed by atoms with E-state index in [1.165, 1.54) is 12.8 Å². The number of halogens is 3. The van der Waals surface area contributed by atoms with Crippen LogP contribution in [0.3, 0.4) is 0 Å². The second-order valence-electron chi connectivity index (χ2n) is 5.17. The van der Waals surface area contributed by atoms with Gasteiger partial charge in [-0.3, -0.25) is 4.90 Å². The highest BCUT2D eigenvalue weighted by Gasteiger charge is 2.22. The maximum absolute atomic E-state index is 6.20. The van der Waals surface area contributed by atoms with Gasteiger partial charge in [0.15, 0.2) is 0 Å². The van der Waals surface area contributed by atoms with E-state index >= 15 is 0 Å². The van der Waals surface area contributed by atoms with Gasteiger partial charge in [0.1, 0.15) is 0 Å². The fourth-order valence-corrected chi connectivity index (χ4v) is 3.06. The predicted molar refractivity (Wildman–Crippen MR) is 85.4 cm³/mol. The molecule has 1 atom stereocenters. The predicted octanol–water partition coefficient (Wildman–Crippen LogP) is 3.97. The Balaban J connectivity index is 0.00000180. The minimum absolute atomic E-state index is 0. The van der Waals surface area contributed by atoms with Gasteiger partial charge in [-0.05, 0) is 50.9 Å². The number of rotatable bonds is 3. The summed E-state index contributed by atoms with van der Waals surface area (Å²) >= 11 is 12.4. The van der Waals surface area contributed by atoms with Gasteiger partial charge in [0, 0.05) is 28.2 Å². The van der Waals surface area contributed by atoms with Crippen molar-refractivity contribution in [1.29, 1.82) is 0 Å². The molecule has 1 aromatic rings. The lowest BCUT2D eigenvalue weighted by molar-refractivity contribution is 0.166. The fraction of sp³-hybridized carbons (Fsp3) is 0.571. The molecule has 0 spiro atoms. The number of piperidine rings is 1. The van der Waals surface area contributed by atoms with E-state index in [1.807, 2.05) is 18.2 Å². The first-order valence-corrected chi connectivity index (χ1v) is 7.24. The van der Waals surface area contributed by atoms with Gasteiger partial charge in [-0.1, -0.05) is 29.3 Å². The number of hydrogen-bond acceptors (Lipinski definition) is 2. The van der Waals surface area contributed by atoms with E-state index in [4.69, 9.17) is 28.9 Å². The Labute approximate surface area is 131 Å². The fourth-order valence-electron chi connectivity index (χ4n) is 2.54. The molecule has 1 aliphatic rings. The van der Waals surface area contributed by atoms with E-state index in [0.717, 1.165) is 35.2 Å². The monoisotopic (exact) mass is 322 g/mol. The zero-order valence-corrected chi connectivity index (χ0v) is 13.4. The highest BCUT2D eigenvalue weighted by Crippen LogP contribution is 2.28. The van der Waals surface area contributed by atoms with Crippen molar-refractivity contribution in [3.05, 3.63) is 33.8 Å². The lowest BCUT2D eigenvalue weighted by Crippen LogP contribution is -2.39. The summed E-state index contributed by atoms with van der Waals surface area (Å²) < 4.78 is 0. The molecule has 19 heavy (non-hydrogen) atoms. The third kappa shape index (κ3) is 4.51. The normalized spacial score (nSPS) is 18.9. The van der Waals surface area contributed by atoms with Gasteiger partial charge in [0.05, 0.1) is 0 Å².